The first-order valence-electron chi connectivity index (χ1n) is 6.24. The molecule has 2 N–H and O–H groups in total. The summed E-state index contributed by atoms with van der Waals surface area (Å²) in [5.41, 5.74) is 10.3. The highest BCUT2D eigenvalue weighted by atomic mass is 16.2. The van der Waals surface area contributed by atoms with Crippen LogP contribution in [0.25, 0.3) is 0 Å². The summed E-state index contributed by atoms with van der Waals surface area (Å²) in [6.07, 6.45) is 0. The molecular formula is C14H21N3O. The second kappa shape index (κ2) is 4.71. The summed E-state index contributed by atoms with van der Waals surface area (Å²) >= 11 is 0. The zero-order valence-corrected chi connectivity index (χ0v) is 11.5. The Labute approximate surface area is 108 Å². The lowest BCUT2D eigenvalue weighted by atomic mass is 10.0. The number of benzene rings is 1. The molecule has 4 nitrogen and oxygen atoms in total. The van der Waals surface area contributed by atoms with Gasteiger partial charge in [-0.1, -0.05) is 6.07 Å². The molecule has 0 radical (unpaired) electrons. The third-order valence-corrected chi connectivity index (χ3v) is 3.41. The van der Waals surface area contributed by atoms with E-state index in [9.17, 15) is 4.79 Å². The number of hydrogen-bond acceptors (Lipinski definition) is 3. The number of rotatable bonds is 3. The van der Waals surface area contributed by atoms with Gasteiger partial charge in [-0.25, -0.2) is 0 Å². The van der Waals surface area contributed by atoms with E-state index >= 15 is 0 Å². The highest BCUT2D eigenvalue weighted by Gasteiger charge is 2.35. The Bertz CT molecular complexity index is 482. The highest BCUT2D eigenvalue weighted by Crippen LogP contribution is 2.37. The average molecular weight is 247 g/mol. The third kappa shape index (κ3) is 2.13. The predicted octanol–water partition coefficient (Wildman–Crippen LogP) is 1.21. The average Bonchev–Trinajstić information content (AvgIpc) is 2.49. The smallest absolute Gasteiger partial charge is 0.248 e. The molecule has 98 valence electrons. The van der Waals surface area contributed by atoms with Gasteiger partial charge in [0, 0.05) is 24.3 Å². The van der Waals surface area contributed by atoms with E-state index in [-0.39, 0.29) is 5.91 Å². The summed E-state index contributed by atoms with van der Waals surface area (Å²) in [5, 5.41) is 0. The van der Waals surface area contributed by atoms with Gasteiger partial charge in [-0.3, -0.25) is 4.79 Å². The summed E-state index contributed by atoms with van der Waals surface area (Å²) in [6, 6.07) is 3.65. The first-order valence-corrected chi connectivity index (χ1v) is 6.24. The van der Waals surface area contributed by atoms with Gasteiger partial charge < -0.3 is 15.5 Å². The minimum atomic E-state index is -0.497. The Balaban J connectivity index is 2.38. The number of fused-ring (bicyclic) bond motifs is 1. The summed E-state index contributed by atoms with van der Waals surface area (Å²) in [6.45, 7) is 5.60. The molecule has 1 atom stereocenters. The van der Waals surface area contributed by atoms with Crippen LogP contribution in [0, 0.1) is 13.8 Å². The van der Waals surface area contributed by atoms with Crippen LogP contribution in [-0.4, -0.2) is 38.0 Å². The number of amides is 1. The molecule has 0 aliphatic carbocycles. The normalized spacial score (nSPS) is 18.7. The van der Waals surface area contributed by atoms with E-state index < -0.39 is 6.04 Å². The molecule has 0 bridgehead atoms. The molecule has 18 heavy (non-hydrogen) atoms. The summed E-state index contributed by atoms with van der Waals surface area (Å²) in [5.74, 6) is 0.0144. The minimum absolute atomic E-state index is 0.0144. The molecule has 1 heterocycles. The van der Waals surface area contributed by atoms with E-state index in [1.165, 1.54) is 5.56 Å². The minimum Gasteiger partial charge on any atom is -0.316 e. The number of hydrogen-bond donors (Lipinski definition) is 1. The van der Waals surface area contributed by atoms with Gasteiger partial charge in [0.05, 0.1) is 0 Å². The van der Waals surface area contributed by atoms with Crippen LogP contribution in [0.2, 0.25) is 0 Å². The van der Waals surface area contributed by atoms with Gasteiger partial charge >= 0.3 is 0 Å². The second-order valence-electron chi connectivity index (χ2n) is 5.29. The molecule has 1 aliphatic heterocycles. The topological polar surface area (TPSA) is 49.6 Å². The van der Waals surface area contributed by atoms with Crippen molar-refractivity contribution in [3.8, 4) is 0 Å². The molecule has 0 spiro atoms. The van der Waals surface area contributed by atoms with E-state index in [0.717, 1.165) is 23.4 Å². The van der Waals surface area contributed by atoms with Crippen LogP contribution in [0.4, 0.5) is 5.69 Å². The molecule has 0 saturated heterocycles. The fraction of sp³-hybridized carbons (Fsp3) is 0.500. The number of likely N-dealkylation sites (N-methyl/N-ethyl adjacent to an activating group) is 1. The van der Waals surface area contributed by atoms with Gasteiger partial charge in [0.25, 0.3) is 0 Å². The van der Waals surface area contributed by atoms with Crippen LogP contribution < -0.4 is 10.6 Å². The van der Waals surface area contributed by atoms with Gasteiger partial charge in [0.1, 0.15) is 6.04 Å². The number of carbonyl (C=O) groups is 1. The molecule has 1 aromatic rings. The molecule has 0 saturated carbocycles. The van der Waals surface area contributed by atoms with Gasteiger partial charge in [0.15, 0.2) is 0 Å². The SMILES string of the molecule is Cc1cc(C)c2c(c1)N(CCN(C)C)C(=O)C2N. The molecule has 0 aromatic heterocycles. The van der Waals surface area contributed by atoms with Crippen molar-refractivity contribution in [2.75, 3.05) is 32.1 Å². The molecule has 1 aliphatic rings. The Morgan fingerprint density at radius 1 is 1.33 bits per heavy atom. The summed E-state index contributed by atoms with van der Waals surface area (Å²) in [4.78, 5) is 16.1. The Kier molecular flexibility index (Phi) is 3.41. The van der Waals surface area contributed by atoms with Gasteiger partial charge in [-0.05, 0) is 45.1 Å². The zero-order chi connectivity index (χ0) is 13.4. The van der Waals surface area contributed by atoms with Gasteiger partial charge in [0.2, 0.25) is 5.91 Å². The van der Waals surface area contributed by atoms with Crippen LogP contribution in [-0.2, 0) is 4.79 Å². The lowest BCUT2D eigenvalue weighted by molar-refractivity contribution is -0.119. The fourth-order valence-corrected chi connectivity index (χ4v) is 2.52. The molecule has 1 amide bonds. The van der Waals surface area contributed by atoms with Crippen LogP contribution in [0.1, 0.15) is 22.7 Å². The maximum Gasteiger partial charge on any atom is 0.248 e. The fourth-order valence-electron chi connectivity index (χ4n) is 2.52. The van der Waals surface area contributed by atoms with E-state index in [2.05, 4.69) is 17.0 Å². The molecule has 1 unspecified atom stereocenters. The lowest BCUT2D eigenvalue weighted by Crippen LogP contribution is -2.36. The number of aryl methyl sites for hydroxylation is 2. The van der Waals surface area contributed by atoms with Crippen molar-refractivity contribution in [2.24, 2.45) is 5.73 Å². The molecule has 4 heteroatoms. The van der Waals surface area contributed by atoms with Crippen molar-refractivity contribution >= 4 is 11.6 Å². The van der Waals surface area contributed by atoms with Crippen molar-refractivity contribution in [3.63, 3.8) is 0 Å². The molecule has 2 rings (SSSR count). The maximum absolute atomic E-state index is 12.2. The van der Waals surface area contributed by atoms with Crippen LogP contribution in [0.15, 0.2) is 12.1 Å². The number of nitrogens with two attached hydrogens (primary N) is 1. The summed E-state index contributed by atoms with van der Waals surface area (Å²) in [7, 11) is 4.01. The Morgan fingerprint density at radius 3 is 2.61 bits per heavy atom. The van der Waals surface area contributed by atoms with E-state index in [1.807, 2.05) is 32.8 Å². The summed E-state index contributed by atoms with van der Waals surface area (Å²) < 4.78 is 0. The van der Waals surface area contributed by atoms with Crippen molar-refractivity contribution in [1.82, 2.24) is 4.90 Å². The van der Waals surface area contributed by atoms with Crippen LogP contribution >= 0.6 is 0 Å². The zero-order valence-electron chi connectivity index (χ0n) is 11.5. The van der Waals surface area contributed by atoms with Crippen molar-refractivity contribution in [1.29, 1.82) is 0 Å². The van der Waals surface area contributed by atoms with Crippen LogP contribution in [0.3, 0.4) is 0 Å². The second-order valence-corrected chi connectivity index (χ2v) is 5.29. The third-order valence-electron chi connectivity index (χ3n) is 3.41. The quantitative estimate of drug-likeness (QED) is 0.873. The number of carbonyl (C=O) groups excluding carboxylic acids is 1. The molecule has 0 fully saturated rings. The Hall–Kier alpha value is -1.39. The van der Waals surface area contributed by atoms with Crippen molar-refractivity contribution in [3.05, 3.63) is 28.8 Å². The first-order chi connectivity index (χ1) is 8.41. The van der Waals surface area contributed by atoms with Crippen molar-refractivity contribution in [2.45, 2.75) is 19.9 Å². The molecule has 1 aromatic carbocycles. The predicted molar refractivity (Wildman–Crippen MR) is 73.8 cm³/mol. The van der Waals surface area contributed by atoms with E-state index in [1.54, 1.807) is 0 Å². The van der Waals surface area contributed by atoms with Crippen molar-refractivity contribution < 1.29 is 4.79 Å². The van der Waals surface area contributed by atoms with E-state index in [0.29, 0.717) is 6.54 Å². The standard InChI is InChI=1S/C14H21N3O/c1-9-7-10(2)12-11(8-9)17(6-5-16(3)4)14(18)13(12)15/h7-8,13H,5-6,15H2,1-4H3. The van der Waals surface area contributed by atoms with E-state index in [4.69, 9.17) is 5.73 Å². The maximum atomic E-state index is 12.2. The van der Waals surface area contributed by atoms with Gasteiger partial charge in [-0.15, -0.1) is 0 Å². The number of anilines is 1. The lowest BCUT2D eigenvalue weighted by Gasteiger charge is -2.20. The van der Waals surface area contributed by atoms with Gasteiger partial charge in [-0.2, -0.15) is 0 Å². The van der Waals surface area contributed by atoms with Crippen LogP contribution in [0.5, 0.6) is 0 Å². The highest BCUT2D eigenvalue weighted by molar-refractivity contribution is 6.05. The monoisotopic (exact) mass is 247 g/mol. The Morgan fingerprint density at radius 2 is 2.00 bits per heavy atom. The largest absolute Gasteiger partial charge is 0.316 e. The molecular weight excluding hydrogens is 226 g/mol. The first kappa shape index (κ1) is 13.1. The number of nitrogens with zero attached hydrogens (tertiary/aromatic N) is 2.